The van der Waals surface area contributed by atoms with Gasteiger partial charge >= 0.3 is 0 Å². The van der Waals surface area contributed by atoms with E-state index in [1.54, 1.807) is 6.20 Å². The summed E-state index contributed by atoms with van der Waals surface area (Å²) in [7, 11) is 0. The fraction of sp³-hybridized carbons (Fsp3) is 0.579. The lowest BCUT2D eigenvalue weighted by Crippen LogP contribution is -2.58. The van der Waals surface area contributed by atoms with Gasteiger partial charge in [-0.3, -0.25) is 4.98 Å². The number of hydrogen-bond donors (Lipinski definition) is 1. The number of hydrogen-bond acceptors (Lipinski definition) is 4. The molecule has 4 aliphatic carbocycles. The molecule has 0 unspecified atom stereocenters. The maximum Gasteiger partial charge on any atom is 0.151 e. The van der Waals surface area contributed by atoms with E-state index >= 15 is 0 Å². The van der Waals surface area contributed by atoms with Gasteiger partial charge in [0.1, 0.15) is 5.69 Å². The summed E-state index contributed by atoms with van der Waals surface area (Å²) in [6.45, 7) is 0.791. The summed E-state index contributed by atoms with van der Waals surface area (Å²) >= 11 is 0. The van der Waals surface area contributed by atoms with Gasteiger partial charge in [-0.1, -0.05) is 5.16 Å². The van der Waals surface area contributed by atoms with E-state index in [9.17, 15) is 0 Å². The number of nitrogens with zero attached hydrogens (tertiary/aromatic N) is 2. The van der Waals surface area contributed by atoms with E-state index in [4.69, 9.17) is 4.52 Å². The summed E-state index contributed by atoms with van der Waals surface area (Å²) in [6, 6.07) is 5.99. The molecule has 4 aliphatic rings. The molecule has 0 saturated heterocycles. The van der Waals surface area contributed by atoms with Crippen molar-refractivity contribution >= 4 is 0 Å². The molecular weight excluding hydrogens is 286 g/mol. The van der Waals surface area contributed by atoms with Crippen LogP contribution in [0.5, 0.6) is 0 Å². The van der Waals surface area contributed by atoms with Crippen LogP contribution < -0.4 is 5.32 Å². The molecule has 23 heavy (non-hydrogen) atoms. The smallest absolute Gasteiger partial charge is 0.151 e. The van der Waals surface area contributed by atoms with Crippen molar-refractivity contribution in [3.8, 4) is 11.3 Å². The Bertz CT molecular complexity index is 658. The van der Waals surface area contributed by atoms with Crippen LogP contribution in [0.2, 0.25) is 0 Å². The molecule has 4 fully saturated rings. The molecule has 6 rings (SSSR count). The highest BCUT2D eigenvalue weighted by molar-refractivity contribution is 5.57. The molecule has 0 aromatic carbocycles. The van der Waals surface area contributed by atoms with Gasteiger partial charge < -0.3 is 9.84 Å². The van der Waals surface area contributed by atoms with Crippen LogP contribution in [0.1, 0.15) is 44.3 Å². The minimum Gasteiger partial charge on any atom is -0.359 e. The van der Waals surface area contributed by atoms with Gasteiger partial charge in [0.2, 0.25) is 0 Å². The first-order valence-corrected chi connectivity index (χ1v) is 8.89. The van der Waals surface area contributed by atoms with Gasteiger partial charge in [-0.05, 0) is 68.4 Å². The van der Waals surface area contributed by atoms with Crippen LogP contribution in [0.3, 0.4) is 0 Å². The van der Waals surface area contributed by atoms with Crippen LogP contribution in [0.4, 0.5) is 0 Å². The molecule has 120 valence electrons. The highest BCUT2D eigenvalue weighted by Gasteiger charge is 2.50. The number of aromatic nitrogens is 2. The monoisotopic (exact) mass is 309 g/mol. The Kier molecular flexibility index (Phi) is 3.08. The summed E-state index contributed by atoms with van der Waals surface area (Å²) in [5, 5.41) is 8.06. The third-order valence-electron chi connectivity index (χ3n) is 6.19. The van der Waals surface area contributed by atoms with Gasteiger partial charge in [-0.25, -0.2) is 0 Å². The van der Waals surface area contributed by atoms with Crippen molar-refractivity contribution < 1.29 is 4.52 Å². The molecule has 0 atom stereocenters. The Hall–Kier alpha value is -1.68. The SMILES string of the molecule is c1cncc(-c2cc(CNC34CC5CC(CC(C5)C3)C4)on2)c1. The molecule has 2 aromatic rings. The lowest BCUT2D eigenvalue weighted by molar-refractivity contribution is -0.0215. The van der Waals surface area contributed by atoms with Crippen molar-refractivity contribution in [2.24, 2.45) is 17.8 Å². The largest absolute Gasteiger partial charge is 0.359 e. The van der Waals surface area contributed by atoms with Crippen LogP contribution >= 0.6 is 0 Å². The second kappa shape index (κ2) is 5.17. The van der Waals surface area contributed by atoms with Crippen molar-refractivity contribution in [1.29, 1.82) is 0 Å². The fourth-order valence-corrected chi connectivity index (χ4v) is 5.65. The predicted molar refractivity (Wildman–Crippen MR) is 87.5 cm³/mol. The van der Waals surface area contributed by atoms with E-state index in [0.29, 0.717) is 5.54 Å². The Labute approximate surface area is 136 Å². The van der Waals surface area contributed by atoms with E-state index in [1.807, 2.05) is 24.4 Å². The zero-order valence-corrected chi connectivity index (χ0v) is 13.4. The Morgan fingerprint density at radius 1 is 1.13 bits per heavy atom. The second-order valence-corrected chi connectivity index (χ2v) is 7.97. The Morgan fingerprint density at radius 2 is 1.87 bits per heavy atom. The zero-order valence-electron chi connectivity index (χ0n) is 13.4. The van der Waals surface area contributed by atoms with Crippen LogP contribution in [0.25, 0.3) is 11.3 Å². The van der Waals surface area contributed by atoms with E-state index < -0.39 is 0 Å². The summed E-state index contributed by atoms with van der Waals surface area (Å²) in [5.74, 6) is 3.83. The average Bonchev–Trinajstić information content (AvgIpc) is 3.02. The second-order valence-electron chi connectivity index (χ2n) is 7.97. The standard InChI is InChI=1S/C19H23N3O/c1-2-16(11-20-3-1)18-7-17(23-22-18)12-21-19-8-13-4-14(9-19)6-15(5-13)10-19/h1-3,7,11,13-15,21H,4-6,8-10,12H2. The number of rotatable bonds is 4. The summed E-state index contributed by atoms with van der Waals surface area (Å²) < 4.78 is 5.54. The van der Waals surface area contributed by atoms with Crippen molar-refractivity contribution in [3.05, 3.63) is 36.4 Å². The molecule has 2 heterocycles. The van der Waals surface area contributed by atoms with Gasteiger partial charge in [-0.2, -0.15) is 0 Å². The van der Waals surface area contributed by atoms with Crippen LogP contribution in [0, 0.1) is 17.8 Å². The van der Waals surface area contributed by atoms with Gasteiger partial charge in [0, 0.05) is 29.6 Å². The molecule has 4 saturated carbocycles. The maximum atomic E-state index is 5.54. The van der Waals surface area contributed by atoms with Gasteiger partial charge in [0.15, 0.2) is 5.76 Å². The third-order valence-corrected chi connectivity index (χ3v) is 6.19. The molecule has 4 bridgehead atoms. The minimum atomic E-state index is 0.371. The first-order valence-electron chi connectivity index (χ1n) is 8.89. The lowest BCUT2D eigenvalue weighted by Gasteiger charge is -2.57. The van der Waals surface area contributed by atoms with Crippen molar-refractivity contribution in [3.63, 3.8) is 0 Å². The van der Waals surface area contributed by atoms with E-state index in [-0.39, 0.29) is 0 Å². The van der Waals surface area contributed by atoms with E-state index in [1.165, 1.54) is 38.5 Å². The van der Waals surface area contributed by atoms with Crippen LogP contribution in [-0.4, -0.2) is 15.7 Å². The summed E-state index contributed by atoms with van der Waals surface area (Å²) in [5.41, 5.74) is 2.26. The Balaban J connectivity index is 1.29. The van der Waals surface area contributed by atoms with Crippen molar-refractivity contribution in [1.82, 2.24) is 15.5 Å². The topological polar surface area (TPSA) is 51.0 Å². The summed E-state index contributed by atoms with van der Waals surface area (Å²) in [6.07, 6.45) is 12.1. The third kappa shape index (κ3) is 2.49. The molecule has 0 radical (unpaired) electrons. The predicted octanol–water partition coefficient (Wildman–Crippen LogP) is 3.80. The zero-order chi connectivity index (χ0) is 15.3. The van der Waals surface area contributed by atoms with Gasteiger partial charge in [-0.15, -0.1) is 0 Å². The number of nitrogens with one attached hydrogen (secondary N) is 1. The average molecular weight is 309 g/mol. The van der Waals surface area contributed by atoms with Crippen molar-refractivity contribution in [2.75, 3.05) is 0 Å². The Morgan fingerprint density at radius 3 is 2.52 bits per heavy atom. The maximum absolute atomic E-state index is 5.54. The van der Waals surface area contributed by atoms with Crippen molar-refractivity contribution in [2.45, 2.75) is 50.6 Å². The minimum absolute atomic E-state index is 0.371. The molecular formula is C19H23N3O. The molecule has 0 amide bonds. The first-order chi connectivity index (χ1) is 11.3. The molecule has 1 N–H and O–H groups in total. The highest BCUT2D eigenvalue weighted by atomic mass is 16.5. The highest BCUT2D eigenvalue weighted by Crippen LogP contribution is 2.55. The quantitative estimate of drug-likeness (QED) is 0.933. The lowest BCUT2D eigenvalue weighted by atomic mass is 9.53. The molecule has 0 spiro atoms. The number of pyridine rings is 1. The van der Waals surface area contributed by atoms with Gasteiger partial charge in [0.05, 0.1) is 6.54 Å². The molecule has 4 heteroatoms. The van der Waals surface area contributed by atoms with Gasteiger partial charge in [0.25, 0.3) is 0 Å². The normalized spacial score (nSPS) is 34.9. The van der Waals surface area contributed by atoms with E-state index in [0.717, 1.165) is 41.3 Å². The molecule has 2 aromatic heterocycles. The molecule has 4 nitrogen and oxygen atoms in total. The fourth-order valence-electron chi connectivity index (χ4n) is 5.65. The van der Waals surface area contributed by atoms with E-state index in [2.05, 4.69) is 15.5 Å². The van der Waals surface area contributed by atoms with Crippen LogP contribution in [0.15, 0.2) is 35.1 Å². The summed E-state index contributed by atoms with van der Waals surface area (Å²) in [4.78, 5) is 4.15. The first kappa shape index (κ1) is 13.7. The van der Waals surface area contributed by atoms with Crippen LogP contribution in [-0.2, 0) is 6.54 Å². The molecule has 0 aliphatic heterocycles.